The number of rotatable bonds is 6. The van der Waals surface area contributed by atoms with Gasteiger partial charge in [0, 0.05) is 35.2 Å². The fourth-order valence-electron chi connectivity index (χ4n) is 9.75. The lowest BCUT2D eigenvalue weighted by Gasteiger charge is -2.23. The van der Waals surface area contributed by atoms with E-state index in [9.17, 15) is 0 Å². The van der Waals surface area contributed by atoms with Gasteiger partial charge in [-0.3, -0.25) is 0 Å². The molecule has 2 aromatic heterocycles. The number of aromatic nitrogens is 1. The molecule has 0 saturated heterocycles. The van der Waals surface area contributed by atoms with Gasteiger partial charge in [0.2, 0.25) is 0 Å². The van der Waals surface area contributed by atoms with Crippen molar-refractivity contribution >= 4 is 65.0 Å². The van der Waals surface area contributed by atoms with Crippen molar-refractivity contribution in [3.05, 3.63) is 186 Å². The van der Waals surface area contributed by atoms with Gasteiger partial charge in [-0.1, -0.05) is 140 Å². The van der Waals surface area contributed by atoms with Crippen molar-refractivity contribution in [2.75, 3.05) is 0 Å². The Bertz CT molecular complexity index is 2850. The molecule has 3 nitrogen and oxygen atoms in total. The Morgan fingerprint density at radius 3 is 1.43 bits per heavy atom. The zero-order valence-corrected chi connectivity index (χ0v) is 34.6. The Morgan fingerprint density at radius 2 is 0.931 bits per heavy atom. The summed E-state index contributed by atoms with van der Waals surface area (Å²) < 4.78 is 18.2. The number of aryl methyl sites for hydroxylation is 5. The molecule has 0 amide bonds. The Labute approximate surface area is 342 Å². The molecule has 0 N–H and O–H groups in total. The first-order valence-corrected chi connectivity index (χ1v) is 23.4. The summed E-state index contributed by atoms with van der Waals surface area (Å²) >= 11 is 0. The number of benzene rings is 7. The summed E-state index contributed by atoms with van der Waals surface area (Å²) in [5, 5.41) is 6.39. The molecule has 0 fully saturated rings. The van der Waals surface area contributed by atoms with Gasteiger partial charge in [-0.25, -0.2) is 4.34 Å². The fraction of sp³-hybridized carbons (Fsp3) is 0.170. The highest BCUT2D eigenvalue weighted by Crippen LogP contribution is 2.51. The quantitative estimate of drug-likeness (QED) is 0.157. The third-order valence-electron chi connectivity index (χ3n) is 12.4. The monoisotopic (exact) mass is 789 g/mol. The minimum atomic E-state index is -1.79. The number of hydrogen-bond acceptors (Lipinski definition) is 2. The molecule has 0 radical (unpaired) electrons. The van der Waals surface area contributed by atoms with Crippen molar-refractivity contribution in [1.29, 1.82) is 0 Å². The predicted octanol–water partition coefficient (Wildman–Crippen LogP) is 13.7. The third kappa shape index (κ3) is 5.98. The van der Waals surface area contributed by atoms with Crippen LogP contribution in [0.3, 0.4) is 0 Å². The van der Waals surface area contributed by atoms with E-state index in [4.69, 9.17) is 8.39 Å². The molecule has 0 atom stereocenters. The molecular weight excluding hydrogens is 745 g/mol. The van der Waals surface area contributed by atoms with Crippen LogP contribution in [0.4, 0.5) is 0 Å². The van der Waals surface area contributed by atoms with Gasteiger partial charge in [-0.05, 0) is 126 Å². The van der Waals surface area contributed by atoms with Crippen LogP contribution in [0.25, 0.3) is 55.1 Å². The van der Waals surface area contributed by atoms with Crippen LogP contribution in [0.5, 0.6) is 0 Å². The maximum atomic E-state index is 7.86. The van der Waals surface area contributed by atoms with E-state index in [0.717, 1.165) is 53.5 Å². The van der Waals surface area contributed by atoms with E-state index in [2.05, 4.69) is 169 Å². The van der Waals surface area contributed by atoms with Gasteiger partial charge in [-0.15, -0.1) is 0 Å². The second-order valence-corrected chi connectivity index (χ2v) is 19.3. The standard InChI is InChI=1S/C53H45NO2P2/c1-36-43-30-18-19-33-48(43)54(53(36)57(41-26-10-4-11-27-41)42-28-12-5-13-29-42)58-55-51-46(37-20-6-2-7-21-37)34-39-24-14-16-31-44(39)49(51)50-45-32-17-15-25-40(45)35-47(52(50)56-58)38-22-8-3-9-23-38/h2-13,18-23,26-30,33-35H,14-17,24-25,31-32H2,1H3. The van der Waals surface area contributed by atoms with Crippen LogP contribution in [0.2, 0.25) is 0 Å². The molecule has 0 spiro atoms. The molecule has 284 valence electrons. The lowest BCUT2D eigenvalue weighted by atomic mass is 9.81. The van der Waals surface area contributed by atoms with Crippen molar-refractivity contribution < 1.29 is 8.39 Å². The Hall–Kier alpha value is -5.59. The van der Waals surface area contributed by atoms with Gasteiger partial charge in [0.25, 0.3) is 0 Å². The average molecular weight is 790 g/mol. The molecule has 0 bridgehead atoms. The average Bonchev–Trinajstić information content (AvgIpc) is 3.45. The largest absolute Gasteiger partial charge is 0.403 e. The highest BCUT2D eigenvalue weighted by atomic mass is 31.1. The fourth-order valence-corrected chi connectivity index (χ4v) is 14.3. The molecule has 0 saturated carbocycles. The van der Waals surface area contributed by atoms with Crippen LogP contribution in [-0.4, -0.2) is 4.34 Å². The van der Waals surface area contributed by atoms with Crippen molar-refractivity contribution in [2.45, 2.75) is 58.3 Å². The van der Waals surface area contributed by atoms with E-state index >= 15 is 0 Å². The van der Waals surface area contributed by atoms with Gasteiger partial charge in [0.1, 0.15) is 0 Å². The van der Waals surface area contributed by atoms with Crippen molar-refractivity contribution in [1.82, 2.24) is 4.34 Å². The molecule has 58 heavy (non-hydrogen) atoms. The smallest absolute Gasteiger partial charge is 0.346 e. The molecule has 11 rings (SSSR count). The molecule has 7 aromatic carbocycles. The molecule has 0 unspecified atom stereocenters. The van der Waals surface area contributed by atoms with Gasteiger partial charge in [-0.2, -0.15) is 0 Å². The van der Waals surface area contributed by atoms with Crippen LogP contribution in [0.15, 0.2) is 166 Å². The lowest BCUT2D eigenvalue weighted by Crippen LogP contribution is -2.25. The van der Waals surface area contributed by atoms with Crippen LogP contribution in [0.1, 0.15) is 53.5 Å². The molecule has 5 heteroatoms. The predicted molar refractivity (Wildman–Crippen MR) is 247 cm³/mol. The van der Waals surface area contributed by atoms with E-state index in [1.807, 2.05) is 0 Å². The summed E-state index contributed by atoms with van der Waals surface area (Å²) in [5.74, 6) is 0. The summed E-state index contributed by atoms with van der Waals surface area (Å²) in [5.41, 5.74) is 16.1. The summed E-state index contributed by atoms with van der Waals surface area (Å²) in [6.07, 6.45) is 9.03. The van der Waals surface area contributed by atoms with Crippen molar-refractivity contribution in [2.24, 2.45) is 0 Å². The maximum absolute atomic E-state index is 7.86. The summed E-state index contributed by atoms with van der Waals surface area (Å²) in [7, 11) is -2.79. The summed E-state index contributed by atoms with van der Waals surface area (Å²) in [4.78, 5) is 0. The summed E-state index contributed by atoms with van der Waals surface area (Å²) in [6, 6.07) is 57.9. The van der Waals surface area contributed by atoms with Crippen molar-refractivity contribution in [3.8, 4) is 22.3 Å². The van der Waals surface area contributed by atoms with Crippen LogP contribution >= 0.6 is 16.1 Å². The molecule has 2 aliphatic carbocycles. The van der Waals surface area contributed by atoms with E-state index in [1.54, 1.807) is 0 Å². The first-order valence-electron chi connectivity index (χ1n) is 20.9. The molecule has 9 aromatic rings. The lowest BCUT2D eigenvalue weighted by molar-refractivity contribution is 0.631. The molecule has 0 aliphatic heterocycles. The van der Waals surface area contributed by atoms with Crippen LogP contribution < -0.4 is 16.0 Å². The second-order valence-electron chi connectivity index (χ2n) is 15.9. The number of para-hydroxylation sites is 1. The number of hydrogen-bond donors (Lipinski definition) is 0. The minimum absolute atomic E-state index is 0.972. The Kier molecular flexibility index (Phi) is 9.18. The topological polar surface area (TPSA) is 31.2 Å². The van der Waals surface area contributed by atoms with Gasteiger partial charge < -0.3 is 8.39 Å². The number of fused-ring (bicyclic) bond motifs is 8. The summed E-state index contributed by atoms with van der Waals surface area (Å²) in [6.45, 7) is 2.31. The number of nitrogens with zero attached hydrogens (tertiary/aromatic N) is 1. The highest BCUT2D eigenvalue weighted by molar-refractivity contribution is 7.80. The zero-order chi connectivity index (χ0) is 38.6. The zero-order valence-electron chi connectivity index (χ0n) is 32.8. The first kappa shape index (κ1) is 35.6. The van der Waals surface area contributed by atoms with E-state index < -0.39 is 16.1 Å². The van der Waals surface area contributed by atoms with Crippen LogP contribution in [0, 0.1) is 6.92 Å². The van der Waals surface area contributed by atoms with Crippen molar-refractivity contribution in [3.63, 3.8) is 0 Å². The normalized spacial score (nSPS) is 13.9. The van der Waals surface area contributed by atoms with Gasteiger partial charge in [0.05, 0.1) is 11.0 Å². The van der Waals surface area contributed by atoms with Gasteiger partial charge >= 0.3 is 8.16 Å². The van der Waals surface area contributed by atoms with E-state index in [1.165, 1.54) is 96.8 Å². The SMILES string of the molecule is Cc1c(P(c2ccccc2)c2ccccc2)n(-p2oc3c(-c4ccccc4)cc4c(c3c3c5c(cc(-c6ccccc6)c3o2)CCCC5)CCCC4)c2ccccc12. The Balaban J connectivity index is 1.38. The van der Waals surface area contributed by atoms with Crippen LogP contribution in [-0.2, 0) is 25.7 Å². The molecule has 2 aliphatic rings. The second kappa shape index (κ2) is 15.0. The molecular formula is C53H45NO2P2. The van der Waals surface area contributed by atoms with Gasteiger partial charge in [0.15, 0.2) is 11.2 Å². The third-order valence-corrected chi connectivity index (χ3v) is 16.6. The first-order chi connectivity index (χ1) is 28.7. The maximum Gasteiger partial charge on any atom is 0.346 e. The Morgan fingerprint density at radius 1 is 0.500 bits per heavy atom. The highest BCUT2D eigenvalue weighted by Gasteiger charge is 2.31. The van der Waals surface area contributed by atoms with E-state index in [-0.39, 0.29) is 0 Å². The van der Waals surface area contributed by atoms with E-state index in [0.29, 0.717) is 0 Å². The minimum Gasteiger partial charge on any atom is -0.403 e. The molecule has 2 heterocycles.